The first-order valence-electron chi connectivity index (χ1n) is 9.44. The van der Waals surface area contributed by atoms with Crippen molar-refractivity contribution in [1.82, 2.24) is 4.90 Å². The van der Waals surface area contributed by atoms with E-state index in [9.17, 15) is 4.79 Å². The van der Waals surface area contributed by atoms with Crippen LogP contribution in [0.25, 0.3) is 0 Å². The van der Waals surface area contributed by atoms with Gasteiger partial charge in [-0.3, -0.25) is 4.79 Å². The zero-order valence-electron chi connectivity index (χ0n) is 15.1. The first-order valence-corrected chi connectivity index (χ1v) is 9.44. The zero-order chi connectivity index (χ0) is 17.1. The molecule has 0 saturated carbocycles. The van der Waals surface area contributed by atoms with Crippen molar-refractivity contribution < 1.29 is 4.79 Å². The lowest BCUT2D eigenvalue weighted by Crippen LogP contribution is -2.42. The Morgan fingerprint density at radius 2 is 1.83 bits per heavy atom. The number of nitrogens with zero attached hydrogens (tertiary/aromatic N) is 2. The number of likely N-dealkylation sites (tertiary alicyclic amines) is 1. The van der Waals surface area contributed by atoms with Crippen LogP contribution in [0.2, 0.25) is 0 Å². The first kappa shape index (κ1) is 17.1. The fourth-order valence-corrected chi connectivity index (χ4v) is 4.28. The summed E-state index contributed by atoms with van der Waals surface area (Å²) >= 11 is 0. The standard InChI is InChI=1S/C20H31N3O/c1-15-11-16(2)14-23(13-15)20(24)8-6-17-5-7-19(18(21)12-17)22-9-3-4-10-22/h5,7,12,15-16H,3-4,6,8-11,13-14,21H2,1-2H3. The Balaban J connectivity index is 1.56. The van der Waals surface area contributed by atoms with Gasteiger partial charge in [-0.2, -0.15) is 0 Å². The monoisotopic (exact) mass is 329 g/mol. The molecule has 4 heteroatoms. The number of hydrogen-bond donors (Lipinski definition) is 1. The molecule has 1 amide bonds. The minimum Gasteiger partial charge on any atom is -0.397 e. The molecule has 2 aliphatic heterocycles. The van der Waals surface area contributed by atoms with E-state index in [2.05, 4.69) is 41.8 Å². The van der Waals surface area contributed by atoms with Gasteiger partial charge in [-0.05, 0) is 55.2 Å². The number of carbonyl (C=O) groups excluding carboxylic acids is 1. The third kappa shape index (κ3) is 4.03. The van der Waals surface area contributed by atoms with Crippen LogP contribution in [0.1, 0.15) is 45.1 Å². The third-order valence-electron chi connectivity index (χ3n) is 5.39. The number of nitrogens with two attached hydrogens (primary N) is 1. The molecule has 2 heterocycles. The van der Waals surface area contributed by atoms with Gasteiger partial charge in [0.05, 0.1) is 11.4 Å². The van der Waals surface area contributed by atoms with Crippen molar-refractivity contribution in [3.8, 4) is 0 Å². The van der Waals surface area contributed by atoms with Crippen LogP contribution in [0.5, 0.6) is 0 Å². The highest BCUT2D eigenvalue weighted by Crippen LogP contribution is 2.28. The quantitative estimate of drug-likeness (QED) is 0.862. The Bertz CT molecular complexity index is 570. The molecule has 0 bridgehead atoms. The predicted octanol–water partition coefficient (Wildman–Crippen LogP) is 3.31. The molecular weight excluding hydrogens is 298 g/mol. The van der Waals surface area contributed by atoms with Crippen LogP contribution in [-0.2, 0) is 11.2 Å². The molecule has 2 aliphatic rings. The van der Waals surface area contributed by atoms with Crippen LogP contribution in [0.3, 0.4) is 0 Å². The van der Waals surface area contributed by atoms with E-state index in [1.807, 2.05) is 0 Å². The topological polar surface area (TPSA) is 49.6 Å². The minimum absolute atomic E-state index is 0.288. The summed E-state index contributed by atoms with van der Waals surface area (Å²) in [6, 6.07) is 6.33. The Morgan fingerprint density at radius 3 is 2.46 bits per heavy atom. The average molecular weight is 329 g/mol. The second kappa shape index (κ2) is 7.45. The summed E-state index contributed by atoms with van der Waals surface area (Å²) < 4.78 is 0. The Hall–Kier alpha value is -1.71. The van der Waals surface area contributed by atoms with E-state index in [1.54, 1.807) is 0 Å². The molecular formula is C20H31N3O. The first-order chi connectivity index (χ1) is 11.5. The van der Waals surface area contributed by atoms with E-state index in [4.69, 9.17) is 5.73 Å². The number of amides is 1. The number of nitrogen functional groups attached to an aromatic ring is 1. The lowest BCUT2D eigenvalue weighted by molar-refractivity contribution is -0.133. The van der Waals surface area contributed by atoms with E-state index in [0.29, 0.717) is 18.3 Å². The van der Waals surface area contributed by atoms with Gasteiger partial charge in [0.1, 0.15) is 0 Å². The molecule has 0 aromatic heterocycles. The van der Waals surface area contributed by atoms with Crippen LogP contribution in [0.15, 0.2) is 18.2 Å². The summed E-state index contributed by atoms with van der Waals surface area (Å²) in [7, 11) is 0. The largest absolute Gasteiger partial charge is 0.397 e. The minimum atomic E-state index is 0.288. The lowest BCUT2D eigenvalue weighted by Gasteiger charge is -2.35. The second-order valence-electron chi connectivity index (χ2n) is 7.83. The summed E-state index contributed by atoms with van der Waals surface area (Å²) in [5, 5.41) is 0. The van der Waals surface area contributed by atoms with Crippen LogP contribution in [0, 0.1) is 11.8 Å². The molecule has 24 heavy (non-hydrogen) atoms. The molecule has 2 unspecified atom stereocenters. The van der Waals surface area contributed by atoms with E-state index >= 15 is 0 Å². The van der Waals surface area contributed by atoms with Gasteiger partial charge in [0.2, 0.25) is 5.91 Å². The van der Waals surface area contributed by atoms with Gasteiger partial charge in [-0.1, -0.05) is 19.9 Å². The summed E-state index contributed by atoms with van der Waals surface area (Å²) in [4.78, 5) is 16.9. The second-order valence-corrected chi connectivity index (χ2v) is 7.83. The fraction of sp³-hybridized carbons (Fsp3) is 0.650. The zero-order valence-corrected chi connectivity index (χ0v) is 15.1. The van der Waals surface area contributed by atoms with Gasteiger partial charge in [-0.25, -0.2) is 0 Å². The molecule has 1 aromatic carbocycles. The number of anilines is 2. The van der Waals surface area contributed by atoms with E-state index in [1.165, 1.54) is 24.8 Å². The molecule has 2 N–H and O–H groups in total. The van der Waals surface area contributed by atoms with Crippen LogP contribution in [0.4, 0.5) is 11.4 Å². The van der Waals surface area contributed by atoms with Crippen molar-refractivity contribution in [2.24, 2.45) is 11.8 Å². The molecule has 2 fully saturated rings. The molecule has 1 aromatic rings. The Labute approximate surface area is 146 Å². The predicted molar refractivity (Wildman–Crippen MR) is 100 cm³/mol. The summed E-state index contributed by atoms with van der Waals surface area (Å²) in [6.45, 7) is 8.53. The van der Waals surface area contributed by atoms with Crippen molar-refractivity contribution in [2.45, 2.75) is 46.0 Å². The number of rotatable bonds is 4. The van der Waals surface area contributed by atoms with E-state index in [0.717, 1.165) is 44.0 Å². The van der Waals surface area contributed by atoms with Crippen LogP contribution in [-0.4, -0.2) is 37.0 Å². The number of piperidine rings is 1. The molecule has 2 atom stereocenters. The van der Waals surface area contributed by atoms with Crippen molar-refractivity contribution >= 4 is 17.3 Å². The maximum absolute atomic E-state index is 12.5. The highest BCUT2D eigenvalue weighted by molar-refractivity contribution is 5.77. The smallest absolute Gasteiger partial charge is 0.222 e. The van der Waals surface area contributed by atoms with Gasteiger partial charge in [0, 0.05) is 32.6 Å². The molecule has 0 radical (unpaired) electrons. The number of benzene rings is 1. The molecule has 4 nitrogen and oxygen atoms in total. The summed E-state index contributed by atoms with van der Waals surface area (Å²) in [6.07, 6.45) is 5.10. The van der Waals surface area contributed by atoms with E-state index < -0.39 is 0 Å². The van der Waals surface area contributed by atoms with Gasteiger partial charge in [0.15, 0.2) is 0 Å². The van der Waals surface area contributed by atoms with Crippen molar-refractivity contribution in [3.63, 3.8) is 0 Å². The fourth-order valence-electron chi connectivity index (χ4n) is 4.28. The summed E-state index contributed by atoms with van der Waals surface area (Å²) in [5.74, 6) is 1.52. The van der Waals surface area contributed by atoms with Gasteiger partial charge in [-0.15, -0.1) is 0 Å². The SMILES string of the molecule is CC1CC(C)CN(C(=O)CCc2ccc(N3CCCC3)c(N)c2)C1. The normalized spacial score (nSPS) is 24.4. The number of carbonyl (C=O) groups is 1. The van der Waals surface area contributed by atoms with Crippen LogP contribution >= 0.6 is 0 Å². The van der Waals surface area contributed by atoms with Crippen molar-refractivity contribution in [1.29, 1.82) is 0 Å². The highest BCUT2D eigenvalue weighted by atomic mass is 16.2. The highest BCUT2D eigenvalue weighted by Gasteiger charge is 2.25. The molecule has 2 saturated heterocycles. The molecule has 0 spiro atoms. The molecule has 0 aliphatic carbocycles. The van der Waals surface area contributed by atoms with Crippen LogP contribution < -0.4 is 10.6 Å². The Morgan fingerprint density at radius 1 is 1.17 bits per heavy atom. The summed E-state index contributed by atoms with van der Waals surface area (Å²) in [5.41, 5.74) is 9.42. The lowest BCUT2D eigenvalue weighted by atomic mass is 9.91. The molecule has 132 valence electrons. The van der Waals surface area contributed by atoms with Gasteiger partial charge in [0.25, 0.3) is 0 Å². The van der Waals surface area contributed by atoms with Crippen molar-refractivity contribution in [2.75, 3.05) is 36.8 Å². The number of hydrogen-bond acceptors (Lipinski definition) is 3. The third-order valence-corrected chi connectivity index (χ3v) is 5.39. The molecule has 3 rings (SSSR count). The maximum Gasteiger partial charge on any atom is 0.222 e. The maximum atomic E-state index is 12.5. The van der Waals surface area contributed by atoms with Crippen molar-refractivity contribution in [3.05, 3.63) is 23.8 Å². The van der Waals surface area contributed by atoms with Gasteiger partial charge >= 0.3 is 0 Å². The number of aryl methyl sites for hydroxylation is 1. The van der Waals surface area contributed by atoms with E-state index in [-0.39, 0.29) is 5.91 Å². The average Bonchev–Trinajstić information content (AvgIpc) is 3.06. The van der Waals surface area contributed by atoms with Gasteiger partial charge < -0.3 is 15.5 Å². The Kier molecular flexibility index (Phi) is 5.32.